The molecule has 0 saturated carbocycles. The molecule has 3 aromatic carbocycles. The van der Waals surface area contributed by atoms with E-state index in [1.54, 1.807) is 24.3 Å². The van der Waals surface area contributed by atoms with Gasteiger partial charge < -0.3 is 28.1 Å². The summed E-state index contributed by atoms with van der Waals surface area (Å²) in [6.07, 6.45) is -1.46. The second-order valence-corrected chi connectivity index (χ2v) is 8.50. The fourth-order valence-corrected chi connectivity index (χ4v) is 4.58. The van der Waals surface area contributed by atoms with Crippen molar-refractivity contribution < 1.29 is 32.9 Å². The average Bonchev–Trinajstić information content (AvgIpc) is 3.51. The summed E-state index contributed by atoms with van der Waals surface area (Å²) >= 11 is 0. The number of esters is 1. The summed E-state index contributed by atoms with van der Waals surface area (Å²) in [4.78, 5) is 12.7. The van der Waals surface area contributed by atoms with E-state index >= 15 is 0 Å². The normalized spacial score (nSPS) is 27.8. The topological polar surface area (TPSA) is 72.5 Å². The Hall–Kier alpha value is -2.94. The Balaban J connectivity index is 1.26. The Kier molecular flexibility index (Phi) is 5.72. The van der Waals surface area contributed by atoms with Crippen molar-refractivity contribution in [3.8, 4) is 0 Å². The number of hydrogen-bond donors (Lipinski definition) is 0. The number of hydrogen-bond acceptors (Lipinski definition) is 7. The molecule has 3 fully saturated rings. The van der Waals surface area contributed by atoms with Crippen molar-refractivity contribution in [1.29, 1.82) is 0 Å². The molecule has 0 radical (unpaired) electrons. The highest BCUT2D eigenvalue weighted by Crippen LogP contribution is 2.41. The SMILES string of the molecule is O=C(OCC12OCC3OB(c4ccccc4)OC3C1OB(c1ccccc1)O2)c1ccccc1. The number of fused-ring (bicyclic) bond motifs is 3. The number of ether oxygens (including phenoxy) is 2. The van der Waals surface area contributed by atoms with E-state index < -0.39 is 38.2 Å². The lowest BCUT2D eigenvalue weighted by molar-refractivity contribution is -0.269. The van der Waals surface area contributed by atoms with E-state index in [1.807, 2.05) is 66.7 Å². The predicted octanol–water partition coefficient (Wildman–Crippen LogP) is 1.56. The van der Waals surface area contributed by atoms with Gasteiger partial charge in [-0.05, 0) is 23.1 Å². The molecule has 3 aliphatic heterocycles. The fourth-order valence-electron chi connectivity index (χ4n) is 4.58. The van der Waals surface area contributed by atoms with E-state index in [4.69, 9.17) is 28.1 Å². The Morgan fingerprint density at radius 1 is 0.824 bits per heavy atom. The Morgan fingerprint density at radius 2 is 1.44 bits per heavy atom. The first-order chi connectivity index (χ1) is 16.7. The van der Waals surface area contributed by atoms with Crippen molar-refractivity contribution >= 4 is 31.1 Å². The summed E-state index contributed by atoms with van der Waals surface area (Å²) < 4.78 is 37.0. The van der Waals surface area contributed by atoms with Crippen molar-refractivity contribution in [1.82, 2.24) is 0 Å². The van der Waals surface area contributed by atoms with Gasteiger partial charge in [0.15, 0.2) is 0 Å². The zero-order valence-corrected chi connectivity index (χ0v) is 18.3. The lowest BCUT2D eigenvalue weighted by Crippen LogP contribution is -2.60. The molecule has 34 heavy (non-hydrogen) atoms. The average molecular weight is 456 g/mol. The minimum Gasteiger partial charge on any atom is -0.456 e. The van der Waals surface area contributed by atoms with Gasteiger partial charge >= 0.3 is 20.2 Å². The largest absolute Gasteiger partial charge is 0.496 e. The summed E-state index contributed by atoms with van der Waals surface area (Å²) in [5, 5.41) is 0. The molecule has 7 nitrogen and oxygen atoms in total. The molecule has 0 aromatic heterocycles. The van der Waals surface area contributed by atoms with Crippen LogP contribution in [0.2, 0.25) is 0 Å². The molecule has 3 heterocycles. The zero-order chi connectivity index (χ0) is 23.0. The number of carbonyl (C=O) groups excluding carboxylic acids is 1. The summed E-state index contributed by atoms with van der Waals surface area (Å²) in [5.41, 5.74) is 2.20. The molecule has 3 saturated heterocycles. The van der Waals surface area contributed by atoms with Crippen LogP contribution < -0.4 is 10.9 Å². The van der Waals surface area contributed by atoms with Crippen molar-refractivity contribution in [3.05, 3.63) is 96.6 Å². The summed E-state index contributed by atoms with van der Waals surface area (Å²) in [5.74, 6) is -1.78. The summed E-state index contributed by atoms with van der Waals surface area (Å²) in [7, 11) is -1.23. The molecule has 0 spiro atoms. The highest BCUT2D eigenvalue weighted by Gasteiger charge is 2.64. The number of carbonyl (C=O) groups is 1. The second-order valence-electron chi connectivity index (χ2n) is 8.50. The molecule has 0 N–H and O–H groups in total. The van der Waals surface area contributed by atoms with Gasteiger partial charge in [0, 0.05) is 0 Å². The van der Waals surface area contributed by atoms with Crippen molar-refractivity contribution in [3.63, 3.8) is 0 Å². The van der Waals surface area contributed by atoms with Crippen LogP contribution in [0.15, 0.2) is 91.0 Å². The van der Waals surface area contributed by atoms with Gasteiger partial charge in [-0.1, -0.05) is 78.9 Å². The lowest BCUT2D eigenvalue weighted by Gasteiger charge is -2.41. The Bertz CT molecular complexity index is 1130. The number of rotatable bonds is 5. The van der Waals surface area contributed by atoms with E-state index in [0.29, 0.717) is 5.56 Å². The van der Waals surface area contributed by atoms with Crippen molar-refractivity contribution in [2.75, 3.05) is 13.2 Å². The van der Waals surface area contributed by atoms with Crippen LogP contribution >= 0.6 is 0 Å². The first kappa shape index (κ1) is 21.6. The maximum absolute atomic E-state index is 12.7. The van der Waals surface area contributed by atoms with E-state index in [0.717, 1.165) is 10.9 Å². The molecular formula is C25H22B2O7. The van der Waals surface area contributed by atoms with E-state index in [-0.39, 0.29) is 19.3 Å². The van der Waals surface area contributed by atoms with Crippen molar-refractivity contribution in [2.24, 2.45) is 0 Å². The molecule has 0 aliphatic carbocycles. The van der Waals surface area contributed by atoms with Crippen LogP contribution in [0.5, 0.6) is 0 Å². The van der Waals surface area contributed by atoms with Gasteiger partial charge in [0.1, 0.15) is 12.7 Å². The van der Waals surface area contributed by atoms with Gasteiger partial charge in [0.25, 0.3) is 0 Å². The molecule has 0 amide bonds. The molecule has 170 valence electrons. The minimum absolute atomic E-state index is 0.142. The van der Waals surface area contributed by atoms with Gasteiger partial charge in [-0.2, -0.15) is 0 Å². The maximum Gasteiger partial charge on any atom is 0.496 e. The molecule has 6 rings (SSSR count). The first-order valence-corrected chi connectivity index (χ1v) is 11.3. The summed E-state index contributed by atoms with van der Waals surface area (Å²) in [6, 6.07) is 28.1. The van der Waals surface area contributed by atoms with E-state index in [9.17, 15) is 4.79 Å². The lowest BCUT2D eigenvalue weighted by atomic mass is 9.79. The highest BCUT2D eigenvalue weighted by molar-refractivity contribution is 6.62. The molecule has 3 aliphatic rings. The highest BCUT2D eigenvalue weighted by atomic mass is 16.8. The van der Waals surface area contributed by atoms with Gasteiger partial charge in [0.05, 0.1) is 24.4 Å². The third kappa shape index (κ3) is 3.96. The summed E-state index contributed by atoms with van der Waals surface area (Å²) in [6.45, 7) is 0.0789. The minimum atomic E-state index is -1.32. The third-order valence-electron chi connectivity index (χ3n) is 6.30. The molecule has 9 heteroatoms. The Morgan fingerprint density at radius 3 is 2.12 bits per heavy atom. The fraction of sp³-hybridized carbons (Fsp3) is 0.240. The quantitative estimate of drug-likeness (QED) is 0.427. The van der Waals surface area contributed by atoms with Crippen LogP contribution in [-0.2, 0) is 28.1 Å². The van der Waals surface area contributed by atoms with Gasteiger partial charge in [-0.3, -0.25) is 0 Å². The molecule has 0 bridgehead atoms. The van der Waals surface area contributed by atoms with E-state index in [1.165, 1.54) is 0 Å². The van der Waals surface area contributed by atoms with E-state index in [2.05, 4.69) is 0 Å². The van der Waals surface area contributed by atoms with Gasteiger partial charge in [-0.25, -0.2) is 4.79 Å². The molecule has 4 atom stereocenters. The molecular weight excluding hydrogens is 434 g/mol. The standard InChI is InChI=1S/C25H22B2O7/c28-24(18-10-4-1-5-11-18)29-17-25-23(33-27(34-25)20-14-8-3-9-15-20)22-21(16-30-25)31-26(32-22)19-12-6-2-7-13-19/h1-15,21-23H,16-17H2. The second kappa shape index (κ2) is 9.02. The van der Waals surface area contributed by atoms with Crippen LogP contribution in [0.4, 0.5) is 0 Å². The van der Waals surface area contributed by atoms with Crippen LogP contribution in [-0.4, -0.2) is 57.5 Å². The van der Waals surface area contributed by atoms with Gasteiger partial charge in [0.2, 0.25) is 5.79 Å². The monoisotopic (exact) mass is 456 g/mol. The zero-order valence-electron chi connectivity index (χ0n) is 18.3. The number of benzene rings is 3. The predicted molar refractivity (Wildman–Crippen MR) is 125 cm³/mol. The van der Waals surface area contributed by atoms with Crippen LogP contribution in [0.3, 0.4) is 0 Å². The smallest absolute Gasteiger partial charge is 0.456 e. The van der Waals surface area contributed by atoms with Crippen LogP contribution in [0.1, 0.15) is 10.4 Å². The van der Waals surface area contributed by atoms with Gasteiger partial charge in [-0.15, -0.1) is 0 Å². The van der Waals surface area contributed by atoms with Crippen LogP contribution in [0, 0.1) is 0 Å². The third-order valence-corrected chi connectivity index (χ3v) is 6.30. The van der Waals surface area contributed by atoms with Crippen LogP contribution in [0.25, 0.3) is 0 Å². The maximum atomic E-state index is 12.7. The first-order valence-electron chi connectivity index (χ1n) is 11.3. The molecule has 3 aromatic rings. The molecule has 4 unspecified atom stereocenters. The Labute approximate surface area is 198 Å². The van der Waals surface area contributed by atoms with Crippen molar-refractivity contribution in [2.45, 2.75) is 24.1 Å².